The maximum absolute atomic E-state index is 11.8. The molecule has 144 valence electrons. The van der Waals surface area contributed by atoms with E-state index >= 15 is 0 Å². The highest BCUT2D eigenvalue weighted by Gasteiger charge is 2.38. The van der Waals surface area contributed by atoms with E-state index in [4.69, 9.17) is 32.7 Å². The third kappa shape index (κ3) is 4.00. The van der Waals surface area contributed by atoms with Crippen LogP contribution >= 0.6 is 23.2 Å². The average Bonchev–Trinajstić information content (AvgIpc) is 3.14. The predicted molar refractivity (Wildman–Crippen MR) is 105 cm³/mol. The molecule has 0 aromatic heterocycles. The number of likely N-dealkylation sites (tertiary alicyclic amines) is 1. The van der Waals surface area contributed by atoms with Crippen molar-refractivity contribution in [2.75, 3.05) is 20.8 Å². The molecule has 0 radical (unpaired) electrons. The van der Waals surface area contributed by atoms with E-state index in [1.807, 2.05) is 29.2 Å². The molecule has 0 bridgehead atoms. The first-order chi connectivity index (χ1) is 13.0. The van der Waals surface area contributed by atoms with Gasteiger partial charge in [0.25, 0.3) is 0 Å². The van der Waals surface area contributed by atoms with Crippen molar-refractivity contribution in [1.82, 2.24) is 4.90 Å². The summed E-state index contributed by atoms with van der Waals surface area (Å²) < 4.78 is 11.0. The summed E-state index contributed by atoms with van der Waals surface area (Å²) in [6.07, 6.45) is 1.40. The molecule has 1 aliphatic heterocycles. The van der Waals surface area contributed by atoms with Gasteiger partial charge in [0.15, 0.2) is 0 Å². The Bertz CT molecular complexity index is 843. The van der Waals surface area contributed by atoms with E-state index < -0.39 is 12.0 Å². The molecule has 0 spiro atoms. The van der Waals surface area contributed by atoms with Gasteiger partial charge in [-0.05, 0) is 48.7 Å². The van der Waals surface area contributed by atoms with Gasteiger partial charge in [-0.15, -0.1) is 0 Å². The molecule has 0 amide bonds. The minimum Gasteiger partial charge on any atom is -0.497 e. The first kappa shape index (κ1) is 19.8. The van der Waals surface area contributed by atoms with Crippen LogP contribution in [0.2, 0.25) is 10.0 Å². The number of benzene rings is 2. The molecule has 7 heteroatoms. The van der Waals surface area contributed by atoms with Crippen molar-refractivity contribution in [2.24, 2.45) is 0 Å². The smallest absolute Gasteiger partial charge is 0.320 e. The van der Waals surface area contributed by atoms with Crippen molar-refractivity contribution in [1.29, 1.82) is 0 Å². The molecule has 0 aliphatic carbocycles. The molecule has 27 heavy (non-hydrogen) atoms. The lowest BCUT2D eigenvalue weighted by Gasteiger charge is -2.33. The lowest BCUT2D eigenvalue weighted by Crippen LogP contribution is -2.39. The van der Waals surface area contributed by atoms with Crippen LogP contribution in [0.25, 0.3) is 0 Å². The Hall–Kier alpha value is -1.95. The molecule has 1 aliphatic rings. The first-order valence-corrected chi connectivity index (χ1v) is 9.37. The highest BCUT2D eigenvalue weighted by Crippen LogP contribution is 2.41. The summed E-state index contributed by atoms with van der Waals surface area (Å²) in [6.45, 7) is 0.655. The second kappa shape index (κ2) is 8.38. The summed E-state index contributed by atoms with van der Waals surface area (Å²) in [4.78, 5) is 13.8. The van der Waals surface area contributed by atoms with Crippen molar-refractivity contribution in [3.05, 3.63) is 57.6 Å². The van der Waals surface area contributed by atoms with E-state index in [1.54, 1.807) is 26.4 Å². The maximum Gasteiger partial charge on any atom is 0.320 e. The summed E-state index contributed by atoms with van der Waals surface area (Å²) in [7, 11) is 3.19. The van der Waals surface area contributed by atoms with Crippen molar-refractivity contribution in [2.45, 2.75) is 24.9 Å². The van der Waals surface area contributed by atoms with Gasteiger partial charge in [0.05, 0.1) is 30.3 Å². The fraction of sp³-hybridized carbons (Fsp3) is 0.350. The van der Waals surface area contributed by atoms with Crippen LogP contribution in [0.15, 0.2) is 36.4 Å². The SMILES string of the molecule is COc1ccc(OC)c(C(c2ccc(Cl)c(Cl)c2)N2CCCC2C(=O)O)c1. The van der Waals surface area contributed by atoms with Gasteiger partial charge in [-0.2, -0.15) is 0 Å². The van der Waals surface area contributed by atoms with Gasteiger partial charge in [-0.1, -0.05) is 29.3 Å². The van der Waals surface area contributed by atoms with Crippen LogP contribution in [0.5, 0.6) is 11.5 Å². The van der Waals surface area contributed by atoms with Crippen LogP contribution in [-0.4, -0.2) is 42.8 Å². The normalized spacial score (nSPS) is 18.3. The Morgan fingerprint density at radius 3 is 2.56 bits per heavy atom. The number of hydrogen-bond donors (Lipinski definition) is 1. The molecule has 1 saturated heterocycles. The highest BCUT2D eigenvalue weighted by molar-refractivity contribution is 6.42. The number of methoxy groups -OCH3 is 2. The lowest BCUT2D eigenvalue weighted by atomic mass is 9.95. The number of carbonyl (C=O) groups is 1. The molecule has 2 unspecified atom stereocenters. The standard InChI is InChI=1S/C20H21Cl2NO4/c1-26-13-6-8-18(27-2)14(11-13)19(12-5-7-15(21)16(22)10-12)23-9-3-4-17(23)20(24)25/h5-8,10-11,17,19H,3-4,9H2,1-2H3,(H,24,25). The Labute approximate surface area is 168 Å². The summed E-state index contributed by atoms with van der Waals surface area (Å²) in [5, 5.41) is 10.6. The summed E-state index contributed by atoms with van der Waals surface area (Å²) in [5.74, 6) is 0.490. The summed E-state index contributed by atoms with van der Waals surface area (Å²) in [6, 6.07) is 9.96. The maximum atomic E-state index is 11.8. The third-order valence-electron chi connectivity index (χ3n) is 4.90. The number of carboxylic acids is 1. The van der Waals surface area contributed by atoms with Crippen LogP contribution in [0.3, 0.4) is 0 Å². The van der Waals surface area contributed by atoms with Crippen molar-refractivity contribution >= 4 is 29.2 Å². The van der Waals surface area contributed by atoms with E-state index in [2.05, 4.69) is 0 Å². The number of aliphatic carboxylic acids is 1. The van der Waals surface area contributed by atoms with Crippen LogP contribution in [0.1, 0.15) is 30.0 Å². The molecule has 2 atom stereocenters. The minimum absolute atomic E-state index is 0.353. The van der Waals surface area contributed by atoms with Crippen LogP contribution in [0.4, 0.5) is 0 Å². The molecule has 5 nitrogen and oxygen atoms in total. The van der Waals surface area contributed by atoms with Gasteiger partial charge < -0.3 is 14.6 Å². The van der Waals surface area contributed by atoms with E-state index in [0.717, 1.165) is 17.5 Å². The largest absolute Gasteiger partial charge is 0.497 e. The molecule has 1 fully saturated rings. The topological polar surface area (TPSA) is 59.0 Å². The van der Waals surface area contributed by atoms with Crippen LogP contribution < -0.4 is 9.47 Å². The number of carboxylic acid groups (broad SMARTS) is 1. The van der Waals surface area contributed by atoms with Gasteiger partial charge in [0.1, 0.15) is 17.5 Å². The number of halogens is 2. The zero-order valence-corrected chi connectivity index (χ0v) is 16.6. The molecular formula is C20H21Cl2NO4. The number of nitrogens with zero attached hydrogens (tertiary/aromatic N) is 1. The Balaban J connectivity index is 2.18. The Morgan fingerprint density at radius 2 is 1.93 bits per heavy atom. The molecule has 1 N–H and O–H groups in total. The van der Waals surface area contributed by atoms with Gasteiger partial charge in [-0.25, -0.2) is 0 Å². The Kier molecular flexibility index (Phi) is 6.15. The molecule has 2 aromatic carbocycles. The van der Waals surface area contributed by atoms with Gasteiger partial charge in [0.2, 0.25) is 0 Å². The minimum atomic E-state index is -0.834. The van der Waals surface area contributed by atoms with E-state index in [9.17, 15) is 9.90 Å². The predicted octanol–water partition coefficient (Wildman–Crippen LogP) is 4.65. The quantitative estimate of drug-likeness (QED) is 0.752. The zero-order valence-electron chi connectivity index (χ0n) is 15.1. The number of hydrogen-bond acceptors (Lipinski definition) is 4. The average molecular weight is 410 g/mol. The monoisotopic (exact) mass is 409 g/mol. The molecule has 0 saturated carbocycles. The fourth-order valence-corrected chi connectivity index (χ4v) is 3.96. The molecule has 3 rings (SSSR count). The van der Waals surface area contributed by atoms with Crippen LogP contribution in [-0.2, 0) is 4.79 Å². The molecular weight excluding hydrogens is 389 g/mol. The van der Waals surface area contributed by atoms with E-state index in [0.29, 0.717) is 34.5 Å². The lowest BCUT2D eigenvalue weighted by molar-refractivity contribution is -0.142. The van der Waals surface area contributed by atoms with Crippen molar-refractivity contribution in [3.63, 3.8) is 0 Å². The van der Waals surface area contributed by atoms with Gasteiger partial charge in [0, 0.05) is 12.1 Å². The number of rotatable bonds is 6. The molecule has 1 heterocycles. The van der Waals surface area contributed by atoms with E-state index in [-0.39, 0.29) is 6.04 Å². The second-order valence-corrected chi connectivity index (χ2v) is 7.23. The second-order valence-electron chi connectivity index (χ2n) is 6.42. The third-order valence-corrected chi connectivity index (χ3v) is 5.64. The summed E-state index contributed by atoms with van der Waals surface area (Å²) >= 11 is 12.4. The fourth-order valence-electron chi connectivity index (χ4n) is 3.65. The van der Waals surface area contributed by atoms with Crippen molar-refractivity contribution in [3.8, 4) is 11.5 Å². The van der Waals surface area contributed by atoms with Gasteiger partial charge in [-0.3, -0.25) is 9.69 Å². The Morgan fingerprint density at radius 1 is 1.15 bits per heavy atom. The number of ether oxygens (including phenoxy) is 2. The zero-order chi connectivity index (χ0) is 19.6. The van der Waals surface area contributed by atoms with Gasteiger partial charge >= 0.3 is 5.97 Å². The van der Waals surface area contributed by atoms with Crippen molar-refractivity contribution < 1.29 is 19.4 Å². The van der Waals surface area contributed by atoms with E-state index in [1.165, 1.54) is 0 Å². The molecule has 2 aromatic rings. The summed E-state index contributed by atoms with van der Waals surface area (Å²) in [5.41, 5.74) is 1.67. The first-order valence-electron chi connectivity index (χ1n) is 8.61. The van der Waals surface area contributed by atoms with Crippen LogP contribution in [0, 0.1) is 0 Å². The highest BCUT2D eigenvalue weighted by atomic mass is 35.5.